The molecule has 1 amide bonds. The van der Waals surface area contributed by atoms with Gasteiger partial charge >= 0.3 is 5.97 Å². The summed E-state index contributed by atoms with van der Waals surface area (Å²) in [6.45, 7) is 0.389. The van der Waals surface area contributed by atoms with Gasteiger partial charge in [0.2, 0.25) is 5.91 Å². The zero-order valence-corrected chi connectivity index (χ0v) is 13.7. The number of anilines is 1. The molecule has 3 rings (SSSR count). The van der Waals surface area contributed by atoms with Crippen LogP contribution in [0.2, 0.25) is 5.02 Å². The Labute approximate surface area is 147 Å². The summed E-state index contributed by atoms with van der Waals surface area (Å²) in [4.78, 5) is 22.8. The lowest BCUT2D eigenvalue weighted by Crippen LogP contribution is -2.18. The predicted octanol–water partition coefficient (Wildman–Crippen LogP) is 2.12. The number of carboxylic acids is 1. The van der Waals surface area contributed by atoms with Gasteiger partial charge in [0.15, 0.2) is 0 Å². The quantitative estimate of drug-likeness (QED) is 0.701. The predicted molar refractivity (Wildman–Crippen MR) is 90.6 cm³/mol. The van der Waals surface area contributed by atoms with Crippen molar-refractivity contribution in [3.8, 4) is 0 Å². The van der Waals surface area contributed by atoms with Crippen molar-refractivity contribution < 1.29 is 14.7 Å². The van der Waals surface area contributed by atoms with Crippen molar-refractivity contribution >= 4 is 29.2 Å². The summed E-state index contributed by atoms with van der Waals surface area (Å²) in [5.74, 6) is -1.43. The van der Waals surface area contributed by atoms with Crippen LogP contribution in [0.5, 0.6) is 0 Å². The molecule has 0 atom stereocenters. The van der Waals surface area contributed by atoms with Crippen LogP contribution in [0.1, 0.15) is 15.9 Å². The minimum Gasteiger partial charge on any atom is -0.478 e. The van der Waals surface area contributed by atoms with Crippen molar-refractivity contribution in [2.45, 2.75) is 13.1 Å². The molecule has 128 valence electrons. The fourth-order valence-corrected chi connectivity index (χ4v) is 2.42. The molecular weight excluding hydrogens is 346 g/mol. The molecule has 0 fully saturated rings. The highest BCUT2D eigenvalue weighted by molar-refractivity contribution is 6.31. The smallest absolute Gasteiger partial charge is 0.338 e. The minimum atomic E-state index is -1.09. The van der Waals surface area contributed by atoms with Gasteiger partial charge in [0, 0.05) is 17.4 Å². The summed E-state index contributed by atoms with van der Waals surface area (Å²) >= 11 is 6.12. The van der Waals surface area contributed by atoms with E-state index in [2.05, 4.69) is 15.5 Å². The van der Waals surface area contributed by atoms with Crippen LogP contribution >= 0.6 is 11.6 Å². The maximum absolute atomic E-state index is 12.0. The molecule has 1 aromatic carbocycles. The van der Waals surface area contributed by atoms with Crippen LogP contribution in [0.25, 0.3) is 0 Å². The number of carbonyl (C=O) groups is 2. The lowest BCUT2D eigenvalue weighted by atomic mass is 10.2. The Kier molecular flexibility index (Phi) is 4.80. The van der Waals surface area contributed by atoms with E-state index in [9.17, 15) is 9.59 Å². The fourth-order valence-electron chi connectivity index (χ4n) is 2.22. The van der Waals surface area contributed by atoms with Gasteiger partial charge in [-0.3, -0.25) is 14.2 Å². The molecule has 0 aliphatic rings. The maximum Gasteiger partial charge on any atom is 0.338 e. The van der Waals surface area contributed by atoms with E-state index in [1.165, 1.54) is 23.3 Å². The highest BCUT2D eigenvalue weighted by Gasteiger charge is 2.10. The molecule has 0 radical (unpaired) electrons. The SMILES string of the molecule is O=C(Cn1cc(C(=O)O)cn1)Nc1cnn(Cc2ccccc2Cl)c1. The molecule has 25 heavy (non-hydrogen) atoms. The van der Waals surface area contributed by atoms with Gasteiger partial charge in [0.05, 0.1) is 30.2 Å². The van der Waals surface area contributed by atoms with E-state index in [0.29, 0.717) is 17.3 Å². The molecule has 0 aliphatic heterocycles. The third-order valence-electron chi connectivity index (χ3n) is 3.39. The summed E-state index contributed by atoms with van der Waals surface area (Å²) < 4.78 is 2.92. The molecule has 0 spiro atoms. The van der Waals surface area contributed by atoms with Gasteiger partial charge in [-0.25, -0.2) is 4.79 Å². The molecule has 8 nitrogen and oxygen atoms in total. The zero-order chi connectivity index (χ0) is 17.8. The monoisotopic (exact) mass is 359 g/mol. The van der Waals surface area contributed by atoms with Crippen LogP contribution in [-0.4, -0.2) is 36.5 Å². The normalized spacial score (nSPS) is 10.6. The first-order valence-electron chi connectivity index (χ1n) is 7.33. The zero-order valence-electron chi connectivity index (χ0n) is 13.0. The average Bonchev–Trinajstić information content (AvgIpc) is 3.19. The summed E-state index contributed by atoms with van der Waals surface area (Å²) in [7, 11) is 0. The number of aromatic carboxylic acids is 1. The average molecular weight is 360 g/mol. The largest absolute Gasteiger partial charge is 0.478 e. The number of nitrogens with zero attached hydrogens (tertiary/aromatic N) is 4. The van der Waals surface area contributed by atoms with E-state index >= 15 is 0 Å². The molecule has 2 N–H and O–H groups in total. The number of hydrogen-bond donors (Lipinski definition) is 2. The highest BCUT2D eigenvalue weighted by atomic mass is 35.5. The molecular formula is C16H14ClN5O3. The van der Waals surface area contributed by atoms with Crippen molar-refractivity contribution in [2.24, 2.45) is 0 Å². The number of rotatable bonds is 6. The second kappa shape index (κ2) is 7.18. The van der Waals surface area contributed by atoms with E-state index in [1.807, 2.05) is 18.2 Å². The third kappa shape index (κ3) is 4.24. The molecule has 9 heteroatoms. The summed E-state index contributed by atoms with van der Waals surface area (Å²) in [6.07, 6.45) is 5.70. The van der Waals surface area contributed by atoms with Gasteiger partial charge in [-0.2, -0.15) is 10.2 Å². The van der Waals surface area contributed by atoms with Crippen LogP contribution in [0.15, 0.2) is 49.1 Å². The number of nitrogens with one attached hydrogen (secondary N) is 1. The standard InChI is InChI=1S/C16H14ClN5O3/c17-14-4-2-1-3-11(14)7-21-9-13(6-19-21)20-15(23)10-22-8-12(5-18-22)16(24)25/h1-6,8-9H,7,10H2,(H,20,23)(H,24,25). The Hall–Kier alpha value is -3.13. The van der Waals surface area contributed by atoms with E-state index in [4.69, 9.17) is 16.7 Å². The Morgan fingerprint density at radius 2 is 1.88 bits per heavy atom. The molecule has 0 unspecified atom stereocenters. The molecule has 0 saturated carbocycles. The van der Waals surface area contributed by atoms with Crippen molar-refractivity contribution in [3.05, 3.63) is 65.2 Å². The van der Waals surface area contributed by atoms with Crippen LogP contribution in [-0.2, 0) is 17.9 Å². The highest BCUT2D eigenvalue weighted by Crippen LogP contribution is 2.16. The summed E-state index contributed by atoms with van der Waals surface area (Å²) in [6, 6.07) is 7.45. The van der Waals surface area contributed by atoms with Gasteiger partial charge in [-0.1, -0.05) is 29.8 Å². The van der Waals surface area contributed by atoms with Crippen molar-refractivity contribution in [1.82, 2.24) is 19.6 Å². The van der Waals surface area contributed by atoms with Gasteiger partial charge in [0.1, 0.15) is 6.54 Å². The van der Waals surface area contributed by atoms with Crippen molar-refractivity contribution in [1.29, 1.82) is 0 Å². The number of halogens is 1. The van der Waals surface area contributed by atoms with Crippen LogP contribution in [0.3, 0.4) is 0 Å². The van der Waals surface area contributed by atoms with Gasteiger partial charge in [-0.15, -0.1) is 0 Å². The molecule has 2 aromatic heterocycles. The van der Waals surface area contributed by atoms with Gasteiger partial charge in [0.25, 0.3) is 0 Å². The van der Waals surface area contributed by atoms with Gasteiger partial charge < -0.3 is 10.4 Å². The Morgan fingerprint density at radius 3 is 2.60 bits per heavy atom. The van der Waals surface area contributed by atoms with Crippen molar-refractivity contribution in [2.75, 3.05) is 5.32 Å². The maximum atomic E-state index is 12.0. The van der Waals surface area contributed by atoms with E-state index in [1.54, 1.807) is 16.9 Å². The second-order valence-corrected chi connectivity index (χ2v) is 5.71. The topological polar surface area (TPSA) is 102 Å². The fraction of sp³-hybridized carbons (Fsp3) is 0.125. The number of carbonyl (C=O) groups excluding carboxylic acids is 1. The van der Waals surface area contributed by atoms with Gasteiger partial charge in [-0.05, 0) is 11.6 Å². The molecule has 0 saturated heterocycles. The number of carboxylic acid groups (broad SMARTS) is 1. The summed E-state index contributed by atoms with van der Waals surface area (Å²) in [5, 5.41) is 20.2. The number of hydrogen-bond acceptors (Lipinski definition) is 4. The van der Waals surface area contributed by atoms with Crippen LogP contribution in [0.4, 0.5) is 5.69 Å². The summed E-state index contributed by atoms with van der Waals surface area (Å²) in [5.41, 5.74) is 1.48. The molecule has 0 aliphatic carbocycles. The first-order valence-corrected chi connectivity index (χ1v) is 7.70. The number of aromatic nitrogens is 4. The van der Waals surface area contributed by atoms with Crippen LogP contribution < -0.4 is 5.32 Å². The molecule has 2 heterocycles. The minimum absolute atomic E-state index is 0.0281. The first kappa shape index (κ1) is 16.7. The number of benzene rings is 1. The number of amides is 1. The lowest BCUT2D eigenvalue weighted by molar-refractivity contribution is -0.116. The van der Waals surface area contributed by atoms with E-state index in [-0.39, 0.29) is 18.0 Å². The first-order chi connectivity index (χ1) is 12.0. The second-order valence-electron chi connectivity index (χ2n) is 5.30. The lowest BCUT2D eigenvalue weighted by Gasteiger charge is -2.04. The van der Waals surface area contributed by atoms with E-state index < -0.39 is 5.97 Å². The third-order valence-corrected chi connectivity index (χ3v) is 3.76. The van der Waals surface area contributed by atoms with Crippen LogP contribution in [0, 0.1) is 0 Å². The Balaban J connectivity index is 1.59. The Bertz CT molecular complexity index is 918. The Morgan fingerprint density at radius 1 is 1.12 bits per heavy atom. The molecule has 3 aromatic rings. The van der Waals surface area contributed by atoms with E-state index in [0.717, 1.165) is 5.56 Å². The van der Waals surface area contributed by atoms with Crippen molar-refractivity contribution in [3.63, 3.8) is 0 Å². The molecule has 0 bridgehead atoms.